The lowest BCUT2D eigenvalue weighted by Gasteiger charge is -2.22. The molecule has 0 aliphatic carbocycles. The topological polar surface area (TPSA) is 35.5 Å². The molecule has 1 aromatic carbocycles. The Hall–Kier alpha value is -1.51. The third-order valence-corrected chi connectivity index (χ3v) is 2.67. The van der Waals surface area contributed by atoms with Crippen molar-refractivity contribution in [2.75, 3.05) is 13.2 Å². The molecular weight excluding hydrogens is 228 g/mol. The molecule has 1 rings (SSSR count). The van der Waals surface area contributed by atoms with Gasteiger partial charge in [0.2, 0.25) is 0 Å². The minimum atomic E-state index is -0.338. The van der Waals surface area contributed by atoms with E-state index < -0.39 is 0 Å². The van der Waals surface area contributed by atoms with Crippen LogP contribution in [0.1, 0.15) is 38.8 Å². The van der Waals surface area contributed by atoms with Crippen LogP contribution in [0.15, 0.2) is 18.2 Å². The molecule has 0 amide bonds. The normalized spacial score (nSPS) is 11.2. The lowest BCUT2D eigenvalue weighted by atomic mass is 9.84. The van der Waals surface area contributed by atoms with Gasteiger partial charge in [0.15, 0.2) is 6.61 Å². The molecule has 0 spiro atoms. The monoisotopic (exact) mass is 250 g/mol. The molecule has 3 heteroatoms. The zero-order valence-corrected chi connectivity index (χ0v) is 11.9. The van der Waals surface area contributed by atoms with Crippen molar-refractivity contribution >= 4 is 5.97 Å². The van der Waals surface area contributed by atoms with E-state index in [1.54, 1.807) is 6.92 Å². The average Bonchev–Trinajstić information content (AvgIpc) is 2.25. The molecular formula is C15H22O3. The summed E-state index contributed by atoms with van der Waals surface area (Å²) < 4.78 is 10.2. The summed E-state index contributed by atoms with van der Waals surface area (Å²) >= 11 is 0. The summed E-state index contributed by atoms with van der Waals surface area (Å²) in [4.78, 5) is 11.2. The summed E-state index contributed by atoms with van der Waals surface area (Å²) in [5.74, 6) is 0.364. The second-order valence-electron chi connectivity index (χ2n) is 5.32. The second kappa shape index (κ2) is 5.89. The number of esters is 1. The number of ether oxygens (including phenoxy) is 2. The molecule has 0 radical (unpaired) electrons. The van der Waals surface area contributed by atoms with Gasteiger partial charge in [-0.25, -0.2) is 4.79 Å². The van der Waals surface area contributed by atoms with Gasteiger partial charge in [-0.05, 0) is 42.5 Å². The highest BCUT2D eigenvalue weighted by Crippen LogP contribution is 2.28. The Morgan fingerprint density at radius 1 is 1.28 bits per heavy atom. The average molecular weight is 250 g/mol. The predicted molar refractivity (Wildman–Crippen MR) is 72.0 cm³/mol. The first-order valence-corrected chi connectivity index (χ1v) is 6.24. The van der Waals surface area contributed by atoms with Crippen molar-refractivity contribution in [1.29, 1.82) is 0 Å². The second-order valence-corrected chi connectivity index (χ2v) is 5.32. The Kier molecular flexibility index (Phi) is 4.76. The maximum absolute atomic E-state index is 11.2. The molecule has 0 fully saturated rings. The fourth-order valence-corrected chi connectivity index (χ4v) is 1.91. The third kappa shape index (κ3) is 4.06. The van der Waals surface area contributed by atoms with Gasteiger partial charge < -0.3 is 9.47 Å². The molecule has 0 aromatic heterocycles. The van der Waals surface area contributed by atoms with Crippen molar-refractivity contribution in [2.45, 2.75) is 40.0 Å². The van der Waals surface area contributed by atoms with Crippen LogP contribution in [0.25, 0.3) is 0 Å². The summed E-state index contributed by atoms with van der Waals surface area (Å²) in [5.41, 5.74) is 2.57. The summed E-state index contributed by atoms with van der Waals surface area (Å²) in [6.45, 7) is 10.7. The lowest BCUT2D eigenvalue weighted by Crippen LogP contribution is -2.15. The van der Waals surface area contributed by atoms with Crippen LogP contribution in [0.2, 0.25) is 0 Å². The largest absolute Gasteiger partial charge is 0.482 e. The van der Waals surface area contributed by atoms with Crippen LogP contribution in [0.4, 0.5) is 0 Å². The number of carbonyl (C=O) groups excluding carboxylic acids is 1. The maximum atomic E-state index is 11.2. The van der Waals surface area contributed by atoms with Gasteiger partial charge in [-0.3, -0.25) is 0 Å². The third-order valence-electron chi connectivity index (χ3n) is 2.67. The van der Waals surface area contributed by atoms with E-state index in [0.29, 0.717) is 12.4 Å². The minimum absolute atomic E-state index is 0.0395. The molecule has 100 valence electrons. The Morgan fingerprint density at radius 3 is 2.44 bits per heavy atom. The molecule has 0 bridgehead atoms. The molecule has 0 aliphatic heterocycles. The first-order chi connectivity index (χ1) is 8.34. The number of aryl methyl sites for hydroxylation is 1. The van der Waals surface area contributed by atoms with Gasteiger partial charge in [-0.2, -0.15) is 0 Å². The van der Waals surface area contributed by atoms with E-state index in [1.807, 2.05) is 12.1 Å². The quantitative estimate of drug-likeness (QED) is 0.770. The molecule has 0 heterocycles. The minimum Gasteiger partial charge on any atom is -0.482 e. The van der Waals surface area contributed by atoms with E-state index in [2.05, 4.69) is 33.8 Å². The highest BCUT2D eigenvalue weighted by molar-refractivity contribution is 5.71. The summed E-state index contributed by atoms with van der Waals surface area (Å²) in [6, 6.07) is 5.91. The highest BCUT2D eigenvalue weighted by Gasteiger charge is 2.16. The summed E-state index contributed by atoms with van der Waals surface area (Å²) in [7, 11) is 0. The predicted octanol–water partition coefficient (Wildman–Crippen LogP) is 3.23. The molecule has 0 saturated carbocycles. The van der Waals surface area contributed by atoms with Gasteiger partial charge in [-0.15, -0.1) is 0 Å². The number of rotatable bonds is 4. The molecule has 0 atom stereocenters. The summed E-state index contributed by atoms with van der Waals surface area (Å²) in [5, 5.41) is 0. The number of benzene rings is 1. The van der Waals surface area contributed by atoms with Crippen molar-refractivity contribution in [3.8, 4) is 5.75 Å². The molecule has 0 unspecified atom stereocenters. The fourth-order valence-electron chi connectivity index (χ4n) is 1.91. The van der Waals surface area contributed by atoms with Gasteiger partial charge >= 0.3 is 5.97 Å². The van der Waals surface area contributed by atoms with E-state index in [0.717, 1.165) is 0 Å². The highest BCUT2D eigenvalue weighted by atomic mass is 16.6. The van der Waals surface area contributed by atoms with Crippen LogP contribution in [0.3, 0.4) is 0 Å². The van der Waals surface area contributed by atoms with Crippen LogP contribution < -0.4 is 4.74 Å². The smallest absolute Gasteiger partial charge is 0.344 e. The van der Waals surface area contributed by atoms with Gasteiger partial charge in [0.25, 0.3) is 0 Å². The van der Waals surface area contributed by atoms with Crippen molar-refractivity contribution in [1.82, 2.24) is 0 Å². The fraction of sp³-hybridized carbons (Fsp3) is 0.533. The molecule has 18 heavy (non-hydrogen) atoms. The van der Waals surface area contributed by atoms with E-state index in [9.17, 15) is 4.79 Å². The molecule has 0 aliphatic rings. The van der Waals surface area contributed by atoms with E-state index in [-0.39, 0.29) is 18.0 Å². The van der Waals surface area contributed by atoms with E-state index in [1.165, 1.54) is 11.1 Å². The molecule has 0 saturated heterocycles. The van der Waals surface area contributed by atoms with Gasteiger partial charge in [0.05, 0.1) is 6.61 Å². The zero-order valence-electron chi connectivity index (χ0n) is 11.9. The van der Waals surface area contributed by atoms with Gasteiger partial charge in [-0.1, -0.05) is 26.8 Å². The van der Waals surface area contributed by atoms with Gasteiger partial charge in [0, 0.05) is 0 Å². The van der Waals surface area contributed by atoms with E-state index >= 15 is 0 Å². The van der Waals surface area contributed by atoms with Crippen LogP contribution >= 0.6 is 0 Å². The van der Waals surface area contributed by atoms with Crippen molar-refractivity contribution in [3.05, 3.63) is 29.3 Å². The van der Waals surface area contributed by atoms with Crippen molar-refractivity contribution in [3.63, 3.8) is 0 Å². The molecule has 1 aromatic rings. The molecule has 0 N–H and O–H groups in total. The van der Waals surface area contributed by atoms with E-state index in [4.69, 9.17) is 9.47 Å². The SMILES string of the molecule is CCOC(=O)COc1ccc(C(C)(C)C)c(C)c1. The van der Waals surface area contributed by atoms with Crippen LogP contribution in [0, 0.1) is 6.92 Å². The number of hydrogen-bond donors (Lipinski definition) is 0. The van der Waals surface area contributed by atoms with Crippen molar-refractivity contribution < 1.29 is 14.3 Å². The van der Waals surface area contributed by atoms with Crippen LogP contribution in [0.5, 0.6) is 5.75 Å². The zero-order chi connectivity index (χ0) is 13.8. The Balaban J connectivity index is 2.71. The van der Waals surface area contributed by atoms with Crippen molar-refractivity contribution in [2.24, 2.45) is 0 Å². The maximum Gasteiger partial charge on any atom is 0.344 e. The van der Waals surface area contributed by atoms with Gasteiger partial charge in [0.1, 0.15) is 5.75 Å². The first-order valence-electron chi connectivity index (χ1n) is 6.24. The molecule has 3 nitrogen and oxygen atoms in total. The standard InChI is InChI=1S/C15H22O3/c1-6-17-14(16)10-18-12-7-8-13(11(2)9-12)15(3,4)5/h7-9H,6,10H2,1-5H3. The summed E-state index contributed by atoms with van der Waals surface area (Å²) in [6.07, 6.45) is 0. The Morgan fingerprint density at radius 2 is 1.94 bits per heavy atom. The van der Waals surface area contributed by atoms with Crippen LogP contribution in [-0.4, -0.2) is 19.2 Å². The first kappa shape index (κ1) is 14.6. The lowest BCUT2D eigenvalue weighted by molar-refractivity contribution is -0.145. The van der Waals surface area contributed by atoms with Crippen LogP contribution in [-0.2, 0) is 14.9 Å². The number of carbonyl (C=O) groups is 1. The Bertz CT molecular complexity index is 416. The number of hydrogen-bond acceptors (Lipinski definition) is 3. The Labute approximate surface area is 109 Å².